The number of nitrogens with zero attached hydrogens (tertiary/aromatic N) is 3. The summed E-state index contributed by atoms with van der Waals surface area (Å²) in [6, 6.07) is 21.3. The SMILES string of the molecule is COc1ccc(Sc2ccc(C(=O)Nc3ccc(F)c(C)c3)cc2Nc2ncnc3ncccc23)cc1. The normalized spacial score (nSPS) is 10.8. The number of carbonyl (C=O) groups is 1. The quantitative estimate of drug-likeness (QED) is 0.254. The van der Waals surface area contributed by atoms with E-state index in [0.29, 0.717) is 34.0 Å². The minimum Gasteiger partial charge on any atom is -0.497 e. The zero-order valence-electron chi connectivity index (χ0n) is 20.0. The van der Waals surface area contributed by atoms with Gasteiger partial charge in [0, 0.05) is 27.2 Å². The van der Waals surface area contributed by atoms with E-state index >= 15 is 0 Å². The zero-order chi connectivity index (χ0) is 25.8. The maximum atomic E-state index is 13.7. The summed E-state index contributed by atoms with van der Waals surface area (Å²) in [5, 5.41) is 6.96. The summed E-state index contributed by atoms with van der Waals surface area (Å²) in [5.74, 6) is 0.701. The van der Waals surface area contributed by atoms with Crippen LogP contribution in [-0.2, 0) is 0 Å². The summed E-state index contributed by atoms with van der Waals surface area (Å²) in [6.45, 7) is 1.65. The van der Waals surface area contributed by atoms with Gasteiger partial charge < -0.3 is 15.4 Å². The Morgan fingerprint density at radius 1 is 0.973 bits per heavy atom. The molecule has 0 unspecified atom stereocenters. The van der Waals surface area contributed by atoms with E-state index in [1.54, 1.807) is 38.4 Å². The van der Waals surface area contributed by atoms with Crippen molar-refractivity contribution in [2.45, 2.75) is 16.7 Å². The molecule has 0 aliphatic rings. The van der Waals surface area contributed by atoms with Crippen LogP contribution in [0.15, 0.2) is 95.1 Å². The number of pyridine rings is 1. The lowest BCUT2D eigenvalue weighted by atomic mass is 10.1. The first-order valence-electron chi connectivity index (χ1n) is 11.4. The van der Waals surface area contributed by atoms with Crippen molar-refractivity contribution in [3.8, 4) is 5.75 Å². The number of anilines is 3. The summed E-state index contributed by atoms with van der Waals surface area (Å²) in [6.07, 6.45) is 3.12. The highest BCUT2D eigenvalue weighted by Crippen LogP contribution is 2.37. The average molecular weight is 512 g/mol. The van der Waals surface area contributed by atoms with E-state index < -0.39 is 0 Å². The number of aryl methyl sites for hydroxylation is 1. The first kappa shape index (κ1) is 24.2. The van der Waals surface area contributed by atoms with E-state index in [0.717, 1.165) is 20.9 Å². The third kappa shape index (κ3) is 5.52. The number of halogens is 1. The molecule has 0 radical (unpaired) electrons. The fourth-order valence-electron chi connectivity index (χ4n) is 3.68. The number of fused-ring (bicyclic) bond motifs is 1. The van der Waals surface area contributed by atoms with Crippen molar-refractivity contribution in [3.63, 3.8) is 0 Å². The van der Waals surface area contributed by atoms with Gasteiger partial charge in [-0.3, -0.25) is 4.79 Å². The van der Waals surface area contributed by atoms with Gasteiger partial charge in [-0.25, -0.2) is 19.3 Å². The first-order chi connectivity index (χ1) is 18.0. The molecule has 0 spiro atoms. The van der Waals surface area contributed by atoms with Gasteiger partial charge in [-0.2, -0.15) is 0 Å². The molecule has 0 saturated carbocycles. The Kier molecular flexibility index (Phi) is 6.96. The highest BCUT2D eigenvalue weighted by molar-refractivity contribution is 7.99. The second kappa shape index (κ2) is 10.6. The van der Waals surface area contributed by atoms with Crippen LogP contribution in [0.2, 0.25) is 0 Å². The largest absolute Gasteiger partial charge is 0.497 e. The van der Waals surface area contributed by atoms with Crippen LogP contribution in [0.3, 0.4) is 0 Å². The monoisotopic (exact) mass is 511 g/mol. The maximum absolute atomic E-state index is 13.7. The van der Waals surface area contributed by atoms with Gasteiger partial charge in [0.1, 0.15) is 23.7 Å². The Balaban J connectivity index is 1.50. The van der Waals surface area contributed by atoms with Crippen LogP contribution in [0, 0.1) is 12.7 Å². The minimum absolute atomic E-state index is 0.315. The Morgan fingerprint density at radius 2 is 1.81 bits per heavy atom. The van der Waals surface area contributed by atoms with Crippen molar-refractivity contribution in [3.05, 3.63) is 102 Å². The van der Waals surface area contributed by atoms with Crippen LogP contribution in [0.5, 0.6) is 5.75 Å². The molecular formula is C28H22FN5O2S. The third-order valence-electron chi connectivity index (χ3n) is 5.61. The van der Waals surface area contributed by atoms with Gasteiger partial charge in [0.05, 0.1) is 18.2 Å². The van der Waals surface area contributed by atoms with Crippen LogP contribution in [0.25, 0.3) is 11.0 Å². The van der Waals surface area contributed by atoms with E-state index in [1.807, 2.05) is 42.5 Å². The molecule has 0 atom stereocenters. The number of ether oxygens (including phenoxy) is 1. The Hall–Kier alpha value is -4.50. The molecule has 37 heavy (non-hydrogen) atoms. The molecule has 0 fully saturated rings. The van der Waals surface area contributed by atoms with Crippen molar-refractivity contribution in [1.82, 2.24) is 15.0 Å². The van der Waals surface area contributed by atoms with Gasteiger partial charge in [-0.15, -0.1) is 0 Å². The van der Waals surface area contributed by atoms with Crippen LogP contribution < -0.4 is 15.4 Å². The highest BCUT2D eigenvalue weighted by atomic mass is 32.2. The number of nitrogens with one attached hydrogen (secondary N) is 2. The number of carbonyl (C=O) groups excluding carboxylic acids is 1. The van der Waals surface area contributed by atoms with Gasteiger partial charge in [0.25, 0.3) is 5.91 Å². The van der Waals surface area contributed by atoms with Crippen molar-refractivity contribution < 1.29 is 13.9 Å². The summed E-state index contributed by atoms with van der Waals surface area (Å²) in [4.78, 5) is 27.9. The molecule has 0 saturated heterocycles. The summed E-state index contributed by atoms with van der Waals surface area (Å²) < 4.78 is 18.9. The predicted molar refractivity (Wildman–Crippen MR) is 143 cm³/mol. The Morgan fingerprint density at radius 3 is 2.59 bits per heavy atom. The average Bonchev–Trinajstić information content (AvgIpc) is 2.92. The molecule has 2 heterocycles. The van der Waals surface area contributed by atoms with Gasteiger partial charge in [-0.05, 0) is 85.3 Å². The van der Waals surface area contributed by atoms with Gasteiger partial charge in [-0.1, -0.05) is 11.8 Å². The van der Waals surface area contributed by atoms with Crippen LogP contribution in [0.4, 0.5) is 21.6 Å². The molecule has 2 N–H and O–H groups in total. The molecule has 0 bridgehead atoms. The van der Waals surface area contributed by atoms with Crippen molar-refractivity contribution in [2.24, 2.45) is 0 Å². The van der Waals surface area contributed by atoms with E-state index in [2.05, 4.69) is 25.6 Å². The van der Waals surface area contributed by atoms with Crippen LogP contribution >= 0.6 is 11.8 Å². The maximum Gasteiger partial charge on any atom is 0.255 e. The molecule has 1 amide bonds. The number of hydrogen-bond acceptors (Lipinski definition) is 7. The Bertz CT molecular complexity index is 1590. The lowest BCUT2D eigenvalue weighted by Gasteiger charge is -2.15. The fraction of sp³-hybridized carbons (Fsp3) is 0.0714. The number of rotatable bonds is 7. The molecule has 2 aromatic heterocycles. The zero-order valence-corrected chi connectivity index (χ0v) is 20.8. The predicted octanol–water partition coefficient (Wildman–Crippen LogP) is 6.63. The van der Waals surface area contributed by atoms with Crippen molar-refractivity contribution in [2.75, 3.05) is 17.7 Å². The van der Waals surface area contributed by atoms with Crippen LogP contribution in [-0.4, -0.2) is 28.0 Å². The number of amides is 1. The molecular weight excluding hydrogens is 489 g/mol. The molecule has 184 valence electrons. The second-order valence-electron chi connectivity index (χ2n) is 8.13. The highest BCUT2D eigenvalue weighted by Gasteiger charge is 2.14. The summed E-state index contributed by atoms with van der Waals surface area (Å²) in [5.41, 5.74) is 2.65. The van der Waals surface area contributed by atoms with E-state index in [1.165, 1.54) is 30.2 Å². The first-order valence-corrected chi connectivity index (χ1v) is 12.2. The standard InChI is InChI=1S/C28H22FN5O2S/c1-17-14-19(6-11-23(17)29)33-28(35)18-5-12-25(37-21-9-7-20(36-2)8-10-21)24(15-18)34-27-22-4-3-13-30-26(22)31-16-32-27/h3-16H,1-2H3,(H,33,35)(H,30,31,32,34). The van der Waals surface area contributed by atoms with E-state index in [4.69, 9.17) is 4.74 Å². The third-order valence-corrected chi connectivity index (χ3v) is 6.69. The molecule has 0 aliphatic heterocycles. The van der Waals surface area contributed by atoms with E-state index in [-0.39, 0.29) is 11.7 Å². The number of aromatic nitrogens is 3. The van der Waals surface area contributed by atoms with Gasteiger partial charge in [0.2, 0.25) is 0 Å². The summed E-state index contributed by atoms with van der Waals surface area (Å²) in [7, 11) is 1.63. The molecule has 3 aromatic carbocycles. The molecule has 9 heteroatoms. The fourth-order valence-corrected chi connectivity index (χ4v) is 4.56. The van der Waals surface area contributed by atoms with Crippen LogP contribution in [0.1, 0.15) is 15.9 Å². The van der Waals surface area contributed by atoms with Crippen molar-refractivity contribution >= 4 is 45.9 Å². The molecule has 7 nitrogen and oxygen atoms in total. The Labute approximate surface area is 217 Å². The minimum atomic E-state index is -0.323. The molecule has 0 aliphatic carbocycles. The van der Waals surface area contributed by atoms with Gasteiger partial charge >= 0.3 is 0 Å². The molecule has 5 rings (SSSR count). The number of hydrogen-bond donors (Lipinski definition) is 2. The summed E-state index contributed by atoms with van der Waals surface area (Å²) >= 11 is 1.54. The topological polar surface area (TPSA) is 89.0 Å². The molecule has 5 aromatic rings. The van der Waals surface area contributed by atoms with Crippen molar-refractivity contribution in [1.29, 1.82) is 0 Å². The number of benzene rings is 3. The number of methoxy groups -OCH3 is 1. The second-order valence-corrected chi connectivity index (χ2v) is 9.24. The van der Waals surface area contributed by atoms with E-state index in [9.17, 15) is 9.18 Å². The lowest BCUT2D eigenvalue weighted by molar-refractivity contribution is 0.102. The lowest BCUT2D eigenvalue weighted by Crippen LogP contribution is -2.12. The smallest absolute Gasteiger partial charge is 0.255 e. The van der Waals surface area contributed by atoms with Gasteiger partial charge in [0.15, 0.2) is 5.65 Å².